The SMILES string of the molecule is CO[Si](c1c(C)cc(C)cc1C)(c1c(C)cc(C)cc1C)[Si]([Si](C(C)C)(C(C)C)C(C)C)[Si](C(C)C)(C(C)C)C(C)C. The van der Waals surface area contributed by atoms with Crippen LogP contribution in [-0.4, -0.2) is 37.5 Å². The standard InChI is InChI=1S/C37H67OSi4/c1-24(2)40(25(3)4,26(5)6)39(41(27(7)8,28(9)10)29(11)12)42(38-19,36-32(15)20-30(13)21-33(36)16)37-34(17)22-31(14)23-35(37)18/h20-29H,1-19H3. The first-order valence-electron chi connectivity index (χ1n) is 16.8. The second kappa shape index (κ2) is 13.7. The van der Waals surface area contributed by atoms with Crippen LogP contribution in [0.4, 0.5) is 0 Å². The summed E-state index contributed by atoms with van der Waals surface area (Å²) in [6.45, 7) is 45.8. The lowest BCUT2D eigenvalue weighted by Crippen LogP contribution is -2.90. The van der Waals surface area contributed by atoms with Crippen molar-refractivity contribution < 1.29 is 4.43 Å². The molecule has 237 valence electrons. The molecule has 0 bridgehead atoms. The molecule has 0 saturated carbocycles. The third kappa shape index (κ3) is 5.72. The van der Waals surface area contributed by atoms with Gasteiger partial charge >= 0.3 is 0 Å². The van der Waals surface area contributed by atoms with Gasteiger partial charge in [0.1, 0.15) is 0 Å². The zero-order valence-electron chi connectivity index (χ0n) is 31.2. The topological polar surface area (TPSA) is 9.23 Å². The smallest absolute Gasteiger partial charge is 0.233 e. The molecule has 0 N–H and O–H groups in total. The first-order valence-corrected chi connectivity index (χ1v) is 27.7. The van der Waals surface area contributed by atoms with E-state index in [-0.39, 0.29) is 0 Å². The molecule has 0 unspecified atom stereocenters. The highest BCUT2D eigenvalue weighted by molar-refractivity contribution is 7.85. The Hall–Kier alpha value is -0.732. The number of hydrogen-bond donors (Lipinski definition) is 0. The van der Waals surface area contributed by atoms with Gasteiger partial charge in [-0.2, -0.15) is 0 Å². The van der Waals surface area contributed by atoms with Gasteiger partial charge in [0.2, 0.25) is 7.83 Å². The Labute approximate surface area is 266 Å². The molecule has 2 rings (SSSR count). The van der Waals surface area contributed by atoms with Crippen LogP contribution in [0.5, 0.6) is 0 Å². The monoisotopic (exact) mass is 639 g/mol. The third-order valence-corrected chi connectivity index (χ3v) is 70.6. The van der Waals surface area contributed by atoms with Gasteiger partial charge in [-0.25, -0.2) is 0 Å². The molecule has 2 aromatic rings. The maximum absolute atomic E-state index is 7.74. The van der Waals surface area contributed by atoms with E-state index in [1.54, 1.807) is 10.4 Å². The molecule has 0 aliphatic heterocycles. The Balaban J connectivity index is 3.65. The lowest BCUT2D eigenvalue weighted by atomic mass is 10.1. The fourth-order valence-corrected chi connectivity index (χ4v) is 104. The molecule has 42 heavy (non-hydrogen) atoms. The number of hydrogen-bond acceptors (Lipinski definition) is 1. The molecule has 0 aliphatic rings. The molecule has 0 saturated heterocycles. The highest BCUT2D eigenvalue weighted by Crippen LogP contribution is 2.55. The molecule has 0 spiro atoms. The van der Waals surface area contributed by atoms with Gasteiger partial charge in [-0.05, 0) is 74.2 Å². The van der Waals surface area contributed by atoms with Crippen molar-refractivity contribution in [3.05, 3.63) is 57.6 Å². The van der Waals surface area contributed by atoms with Gasteiger partial charge in [0, 0.05) is 7.11 Å². The van der Waals surface area contributed by atoms with Crippen molar-refractivity contribution in [2.75, 3.05) is 7.11 Å². The summed E-state index contributed by atoms with van der Waals surface area (Å²) in [6.07, 6.45) is 0. The number of rotatable bonds is 12. The summed E-state index contributed by atoms with van der Waals surface area (Å²) in [6, 6.07) is 9.92. The van der Waals surface area contributed by atoms with Crippen molar-refractivity contribution in [1.29, 1.82) is 0 Å². The zero-order valence-corrected chi connectivity index (χ0v) is 35.2. The first-order chi connectivity index (χ1) is 19.2. The van der Waals surface area contributed by atoms with E-state index < -0.39 is 30.4 Å². The molecule has 0 fully saturated rings. The predicted octanol–water partition coefficient (Wildman–Crippen LogP) is 10.3. The minimum atomic E-state index is -2.80. The zero-order chi connectivity index (χ0) is 32.7. The largest absolute Gasteiger partial charge is 0.415 e. The lowest BCUT2D eigenvalue weighted by molar-refractivity contribution is 0.430. The van der Waals surface area contributed by atoms with Gasteiger partial charge in [-0.1, -0.05) is 152 Å². The summed E-state index contributed by atoms with van der Waals surface area (Å²) in [7, 11) is -5.79. The second-order valence-corrected chi connectivity index (χ2v) is 46.1. The minimum absolute atomic E-state index is 0.702. The van der Waals surface area contributed by atoms with Crippen molar-refractivity contribution in [1.82, 2.24) is 0 Å². The Morgan fingerprint density at radius 3 is 0.833 bits per heavy atom. The van der Waals surface area contributed by atoms with E-state index in [0.717, 1.165) is 0 Å². The van der Waals surface area contributed by atoms with E-state index in [9.17, 15) is 0 Å². The molecule has 1 nitrogen and oxygen atoms in total. The van der Waals surface area contributed by atoms with Crippen LogP contribution in [0.1, 0.15) is 116 Å². The van der Waals surface area contributed by atoms with Crippen molar-refractivity contribution in [2.24, 2.45) is 0 Å². The summed E-state index contributed by atoms with van der Waals surface area (Å²) >= 11 is 0. The van der Waals surface area contributed by atoms with E-state index in [1.807, 2.05) is 0 Å². The van der Waals surface area contributed by atoms with E-state index >= 15 is 0 Å². The average Bonchev–Trinajstić information content (AvgIpc) is 2.80. The molecule has 0 aromatic heterocycles. The lowest BCUT2D eigenvalue weighted by Gasteiger charge is -2.64. The van der Waals surface area contributed by atoms with Crippen molar-refractivity contribution in [2.45, 2.75) is 158 Å². The van der Waals surface area contributed by atoms with Crippen LogP contribution in [0.3, 0.4) is 0 Å². The second-order valence-electron chi connectivity index (χ2n) is 15.6. The van der Waals surface area contributed by atoms with Gasteiger partial charge < -0.3 is 4.43 Å². The maximum atomic E-state index is 7.74. The molecule has 1 radical (unpaired) electrons. The third-order valence-electron chi connectivity index (χ3n) is 11.3. The van der Waals surface area contributed by atoms with E-state index in [1.165, 1.54) is 33.4 Å². The molecule has 5 heteroatoms. The van der Waals surface area contributed by atoms with Crippen molar-refractivity contribution >= 4 is 40.7 Å². The minimum Gasteiger partial charge on any atom is -0.415 e. The van der Waals surface area contributed by atoms with E-state index in [4.69, 9.17) is 4.43 Å². The van der Waals surface area contributed by atoms with Crippen LogP contribution in [0.15, 0.2) is 24.3 Å². The summed E-state index contributed by atoms with van der Waals surface area (Å²) in [5, 5.41) is 3.27. The van der Waals surface area contributed by atoms with Gasteiger partial charge in [0.15, 0.2) is 0 Å². The van der Waals surface area contributed by atoms with E-state index in [0.29, 0.717) is 33.2 Å². The average molecular weight is 640 g/mol. The quantitative estimate of drug-likeness (QED) is 0.210. The van der Waals surface area contributed by atoms with Crippen molar-refractivity contribution in [3.8, 4) is 0 Å². The van der Waals surface area contributed by atoms with Crippen LogP contribution < -0.4 is 10.4 Å². The Morgan fingerprint density at radius 1 is 0.452 bits per heavy atom. The molecule has 2 aromatic carbocycles. The van der Waals surface area contributed by atoms with Crippen LogP contribution in [-0.2, 0) is 4.43 Å². The van der Waals surface area contributed by atoms with Crippen LogP contribution in [0.25, 0.3) is 0 Å². The summed E-state index contributed by atoms with van der Waals surface area (Å²) < 4.78 is 7.74. The summed E-state index contributed by atoms with van der Waals surface area (Å²) in [4.78, 5) is 0. The normalized spacial score (nSPS) is 13.8. The molecule has 0 heterocycles. The Bertz CT molecular complexity index is 1050. The van der Waals surface area contributed by atoms with Gasteiger partial charge in [0.25, 0.3) is 0 Å². The number of aryl methyl sites for hydroxylation is 6. The molecule has 0 amide bonds. The summed E-state index contributed by atoms with van der Waals surface area (Å²) in [5.74, 6) is 0. The maximum Gasteiger partial charge on any atom is 0.233 e. The fraction of sp³-hybridized carbons (Fsp3) is 0.676. The van der Waals surface area contributed by atoms with Crippen molar-refractivity contribution in [3.63, 3.8) is 0 Å². The molecule has 0 aliphatic carbocycles. The van der Waals surface area contributed by atoms with Gasteiger partial charge in [-0.15, -0.1) is 0 Å². The molecular weight excluding hydrogens is 573 g/mol. The van der Waals surface area contributed by atoms with Gasteiger partial charge in [-0.3, -0.25) is 0 Å². The van der Waals surface area contributed by atoms with Crippen LogP contribution >= 0.6 is 0 Å². The van der Waals surface area contributed by atoms with Gasteiger partial charge in [0.05, 0.1) is 22.5 Å². The summed E-state index contributed by atoms with van der Waals surface area (Å²) in [5.41, 5.74) is 12.9. The highest BCUT2D eigenvalue weighted by Gasteiger charge is 2.71. The Kier molecular flexibility index (Phi) is 12.2. The molecular formula is C37H67OSi4. The van der Waals surface area contributed by atoms with Crippen LogP contribution in [0.2, 0.25) is 33.2 Å². The fourth-order valence-electron chi connectivity index (χ4n) is 10.9. The van der Waals surface area contributed by atoms with Crippen LogP contribution in [0, 0.1) is 41.5 Å². The highest BCUT2D eigenvalue weighted by atomic mass is 29.9. The predicted molar refractivity (Wildman–Crippen MR) is 201 cm³/mol. The van der Waals surface area contributed by atoms with E-state index in [2.05, 4.69) is 156 Å². The Morgan fingerprint density at radius 2 is 0.667 bits per heavy atom. The molecule has 0 atom stereocenters. The number of benzene rings is 2. The first kappa shape index (κ1) is 37.5.